The van der Waals surface area contributed by atoms with E-state index < -0.39 is 21.3 Å². The highest BCUT2D eigenvalue weighted by molar-refractivity contribution is 7.92. The largest absolute Gasteiger partial charge is 0.384 e. The van der Waals surface area contributed by atoms with Crippen molar-refractivity contribution in [1.29, 1.82) is 0 Å². The smallest absolute Gasteiger partial charge is 0.329 e. The third kappa shape index (κ3) is 4.03. The minimum atomic E-state index is -4.04. The molecular formula is C23H25FN5O2S+. The fraction of sp³-hybridized carbons (Fsp3) is 0.217. The number of halogens is 1. The second-order valence-corrected chi connectivity index (χ2v) is 10.4. The van der Waals surface area contributed by atoms with E-state index in [1.54, 1.807) is 16.8 Å². The molecule has 9 heteroatoms. The number of H-pyrrole nitrogens is 1. The minimum absolute atomic E-state index is 0.152. The monoisotopic (exact) mass is 454 g/mol. The van der Waals surface area contributed by atoms with Crippen molar-refractivity contribution >= 4 is 32.6 Å². The van der Waals surface area contributed by atoms with Gasteiger partial charge in [-0.2, -0.15) is 13.1 Å². The first kappa shape index (κ1) is 21.8. The zero-order valence-electron chi connectivity index (χ0n) is 18.3. The minimum Gasteiger partial charge on any atom is -0.384 e. The van der Waals surface area contributed by atoms with Gasteiger partial charge in [0.15, 0.2) is 5.69 Å². The normalized spacial score (nSPS) is 12.3. The van der Waals surface area contributed by atoms with Crippen LogP contribution in [-0.2, 0) is 15.4 Å². The topological polar surface area (TPSA) is 105 Å². The Morgan fingerprint density at radius 3 is 2.53 bits per heavy atom. The Hall–Kier alpha value is -3.46. The second-order valence-electron chi connectivity index (χ2n) is 8.74. The SMILES string of the molecule is Cc1cc(NS(=O)(=O)c2ccc(C(C)(C)C)c(F)c2)[n+](-c2cccc3nc(N)ccc23)[nH]1. The Bertz CT molecular complexity index is 1440. The van der Waals surface area contributed by atoms with Crippen molar-refractivity contribution in [2.45, 2.75) is 38.0 Å². The van der Waals surface area contributed by atoms with Gasteiger partial charge in [0.05, 0.1) is 17.3 Å². The fourth-order valence-corrected chi connectivity index (χ4v) is 4.67. The molecule has 0 aliphatic carbocycles. The summed E-state index contributed by atoms with van der Waals surface area (Å²) in [4.78, 5) is 4.18. The van der Waals surface area contributed by atoms with Crippen LogP contribution in [0.2, 0.25) is 0 Å². The maximum Gasteiger partial charge on any atom is 0.329 e. The number of hydrogen-bond donors (Lipinski definition) is 3. The van der Waals surface area contributed by atoms with Crippen LogP contribution in [0.4, 0.5) is 16.0 Å². The van der Waals surface area contributed by atoms with Gasteiger partial charge in [-0.25, -0.2) is 14.5 Å². The molecule has 2 aromatic heterocycles. The molecule has 0 saturated heterocycles. The molecule has 4 N–H and O–H groups in total. The average molecular weight is 455 g/mol. The summed E-state index contributed by atoms with van der Waals surface area (Å²) in [6, 6.07) is 14.6. The first-order valence-corrected chi connectivity index (χ1v) is 11.5. The molecule has 166 valence electrons. The van der Waals surface area contributed by atoms with E-state index >= 15 is 0 Å². The lowest BCUT2D eigenvalue weighted by atomic mass is 9.87. The van der Waals surface area contributed by atoms with Gasteiger partial charge in [-0.15, -0.1) is 4.68 Å². The van der Waals surface area contributed by atoms with Crippen LogP contribution < -0.4 is 15.1 Å². The molecule has 0 atom stereocenters. The van der Waals surface area contributed by atoms with Crippen LogP contribution in [0.15, 0.2) is 59.5 Å². The number of sulfonamides is 1. The van der Waals surface area contributed by atoms with Crippen molar-refractivity contribution in [1.82, 2.24) is 10.1 Å². The van der Waals surface area contributed by atoms with E-state index in [2.05, 4.69) is 14.8 Å². The zero-order chi connectivity index (χ0) is 23.3. The number of fused-ring (bicyclic) bond motifs is 1. The number of aryl methyl sites for hydroxylation is 1. The summed E-state index contributed by atoms with van der Waals surface area (Å²) in [7, 11) is -4.04. The maximum absolute atomic E-state index is 14.6. The summed E-state index contributed by atoms with van der Waals surface area (Å²) in [5, 5.41) is 3.93. The zero-order valence-corrected chi connectivity index (χ0v) is 19.1. The average Bonchev–Trinajstić information content (AvgIpc) is 3.05. The van der Waals surface area contributed by atoms with Gasteiger partial charge >= 0.3 is 15.8 Å². The number of rotatable bonds is 4. The Morgan fingerprint density at radius 1 is 1.09 bits per heavy atom. The molecule has 0 aliphatic rings. The predicted molar refractivity (Wildman–Crippen MR) is 123 cm³/mol. The van der Waals surface area contributed by atoms with Crippen LogP contribution in [0.5, 0.6) is 0 Å². The number of benzene rings is 2. The van der Waals surface area contributed by atoms with E-state index in [9.17, 15) is 12.8 Å². The van der Waals surface area contributed by atoms with Crippen molar-refractivity contribution < 1.29 is 17.5 Å². The number of nitrogens with two attached hydrogens (primary N) is 1. The Balaban J connectivity index is 1.77. The summed E-state index contributed by atoms with van der Waals surface area (Å²) in [5.74, 6) is 0.118. The van der Waals surface area contributed by atoms with Gasteiger partial charge in [-0.05, 0) is 54.3 Å². The van der Waals surface area contributed by atoms with E-state index in [-0.39, 0.29) is 10.7 Å². The quantitative estimate of drug-likeness (QED) is 0.406. The summed E-state index contributed by atoms with van der Waals surface area (Å²) < 4.78 is 45.0. The van der Waals surface area contributed by atoms with Crippen molar-refractivity contribution in [3.05, 3.63) is 71.7 Å². The third-order valence-electron chi connectivity index (χ3n) is 5.15. The molecule has 0 fully saturated rings. The lowest BCUT2D eigenvalue weighted by Gasteiger charge is -2.19. The number of nitrogens with zero attached hydrogens (tertiary/aromatic N) is 2. The summed E-state index contributed by atoms with van der Waals surface area (Å²) in [6.45, 7) is 7.43. The van der Waals surface area contributed by atoms with Crippen LogP contribution >= 0.6 is 0 Å². The van der Waals surface area contributed by atoms with Crippen LogP contribution in [0, 0.1) is 12.7 Å². The van der Waals surface area contributed by atoms with E-state index in [1.165, 1.54) is 12.1 Å². The molecule has 4 rings (SSSR count). The predicted octanol–water partition coefficient (Wildman–Crippen LogP) is 3.97. The second kappa shape index (κ2) is 7.59. The molecule has 0 spiro atoms. The highest BCUT2D eigenvalue weighted by atomic mass is 32.2. The molecule has 0 bridgehead atoms. The number of anilines is 2. The highest BCUT2D eigenvalue weighted by Gasteiger charge is 2.28. The number of aromatic amines is 1. The van der Waals surface area contributed by atoms with Crippen molar-refractivity contribution in [2.24, 2.45) is 0 Å². The fourth-order valence-electron chi connectivity index (χ4n) is 3.62. The van der Waals surface area contributed by atoms with Crippen LogP contribution in [-0.4, -0.2) is 18.5 Å². The summed E-state index contributed by atoms with van der Waals surface area (Å²) >= 11 is 0. The van der Waals surface area contributed by atoms with E-state index in [4.69, 9.17) is 5.73 Å². The lowest BCUT2D eigenvalue weighted by Crippen LogP contribution is -2.37. The molecule has 2 aromatic carbocycles. The first-order chi connectivity index (χ1) is 15.0. The first-order valence-electron chi connectivity index (χ1n) is 10.1. The standard InChI is InChI=1S/C23H24FN5O2S/c1-14-12-22(28-32(30,31)15-8-10-17(18(24)13-15)23(2,3)4)29(27-14)20-7-5-6-19-16(20)9-11-21(25)26-19/h5-13H,1-4H3,(H3,25,26,27,28)/p+1. The van der Waals surface area contributed by atoms with Gasteiger partial charge in [0, 0.05) is 5.39 Å². The molecule has 0 amide bonds. The summed E-state index contributed by atoms with van der Waals surface area (Å²) in [6.07, 6.45) is 0. The van der Waals surface area contributed by atoms with Gasteiger partial charge < -0.3 is 5.73 Å². The molecule has 32 heavy (non-hydrogen) atoms. The van der Waals surface area contributed by atoms with Crippen molar-refractivity contribution in [2.75, 3.05) is 10.5 Å². The molecule has 0 radical (unpaired) electrons. The van der Waals surface area contributed by atoms with Crippen LogP contribution in [0.3, 0.4) is 0 Å². The van der Waals surface area contributed by atoms with E-state index in [0.717, 1.165) is 17.1 Å². The van der Waals surface area contributed by atoms with Gasteiger partial charge in [0.25, 0.3) is 0 Å². The molecule has 4 aromatic rings. The summed E-state index contributed by atoms with van der Waals surface area (Å²) in [5.41, 5.74) is 7.91. The lowest BCUT2D eigenvalue weighted by molar-refractivity contribution is -0.639. The Labute approximate surface area is 186 Å². The van der Waals surface area contributed by atoms with Gasteiger partial charge in [0.1, 0.15) is 16.5 Å². The highest BCUT2D eigenvalue weighted by Crippen LogP contribution is 2.27. The van der Waals surface area contributed by atoms with Gasteiger partial charge in [-0.3, -0.25) is 0 Å². The van der Waals surface area contributed by atoms with Gasteiger partial charge in [-0.1, -0.05) is 32.9 Å². The van der Waals surface area contributed by atoms with Crippen LogP contribution in [0.25, 0.3) is 16.6 Å². The maximum atomic E-state index is 14.6. The molecule has 7 nitrogen and oxygen atoms in total. The molecule has 0 aliphatic heterocycles. The Kier molecular flexibility index (Phi) is 5.16. The molecule has 0 saturated carbocycles. The molecule has 0 unspecified atom stereocenters. The number of hydrogen-bond acceptors (Lipinski definition) is 4. The molecule has 2 heterocycles. The number of aromatic nitrogens is 3. The number of nitrogen functional groups attached to an aromatic ring is 1. The number of pyridine rings is 1. The number of nitrogens with one attached hydrogen (secondary N) is 2. The third-order valence-corrected chi connectivity index (χ3v) is 6.50. The van der Waals surface area contributed by atoms with Gasteiger partial charge in [0.2, 0.25) is 0 Å². The van der Waals surface area contributed by atoms with E-state index in [1.807, 2.05) is 52.0 Å². The van der Waals surface area contributed by atoms with Crippen molar-refractivity contribution in [3.8, 4) is 5.69 Å². The molecular weight excluding hydrogens is 429 g/mol. The van der Waals surface area contributed by atoms with Crippen molar-refractivity contribution in [3.63, 3.8) is 0 Å². The van der Waals surface area contributed by atoms with Crippen LogP contribution in [0.1, 0.15) is 32.0 Å². The Morgan fingerprint density at radius 2 is 1.84 bits per heavy atom. The van der Waals surface area contributed by atoms with E-state index in [0.29, 0.717) is 22.6 Å².